The molecule has 1 aromatic rings. The van der Waals surface area contributed by atoms with Crippen LogP contribution in [0.5, 0.6) is 0 Å². The van der Waals surface area contributed by atoms with Crippen LogP contribution in [0.2, 0.25) is 0 Å². The first kappa shape index (κ1) is 18.2. The molecule has 1 N–H and O–H groups in total. The summed E-state index contributed by atoms with van der Waals surface area (Å²) in [5.74, 6) is 0.534. The average Bonchev–Trinajstić information content (AvgIpc) is 2.47. The highest BCUT2D eigenvalue weighted by Gasteiger charge is 2.19. The molecule has 122 valence electrons. The zero-order valence-corrected chi connectivity index (χ0v) is 13.6. The second-order valence-corrected chi connectivity index (χ2v) is 6.44. The standard InChI is InChI=1S/C14H21N3O4S/c1-3-4-5-6-11(2)22-10-15-13-8-7-12(16(18)19)9-14(13)17(20)21/h7-9,11,15H,3-6,10H2,1-2H3/t11-/m0/s1. The number of hydrogen-bond acceptors (Lipinski definition) is 6. The van der Waals surface area contributed by atoms with Crippen LogP contribution in [0, 0.1) is 20.2 Å². The van der Waals surface area contributed by atoms with Crippen LogP contribution in [-0.4, -0.2) is 21.0 Å². The Labute approximate surface area is 133 Å². The first-order chi connectivity index (χ1) is 10.5. The number of non-ortho nitro benzene ring substituents is 1. The maximum absolute atomic E-state index is 11.0. The molecule has 7 nitrogen and oxygen atoms in total. The zero-order valence-electron chi connectivity index (χ0n) is 12.8. The number of rotatable bonds is 10. The van der Waals surface area contributed by atoms with Crippen molar-refractivity contribution in [2.45, 2.75) is 44.8 Å². The molecule has 0 heterocycles. The molecule has 0 spiro atoms. The molecule has 0 amide bonds. The largest absolute Gasteiger partial charge is 0.370 e. The van der Waals surface area contributed by atoms with Crippen molar-refractivity contribution in [1.29, 1.82) is 0 Å². The highest BCUT2D eigenvalue weighted by atomic mass is 32.2. The quantitative estimate of drug-likeness (QED) is 0.292. The number of anilines is 1. The molecular weight excluding hydrogens is 306 g/mol. The van der Waals surface area contributed by atoms with E-state index in [1.54, 1.807) is 11.8 Å². The highest BCUT2D eigenvalue weighted by molar-refractivity contribution is 7.99. The van der Waals surface area contributed by atoms with E-state index in [0.29, 0.717) is 16.8 Å². The fourth-order valence-electron chi connectivity index (χ4n) is 1.96. The third-order valence-corrected chi connectivity index (χ3v) is 4.35. The Hall–Kier alpha value is -1.83. The summed E-state index contributed by atoms with van der Waals surface area (Å²) in [5, 5.41) is 25.1. The Morgan fingerprint density at radius 1 is 1.23 bits per heavy atom. The average molecular weight is 327 g/mol. The summed E-state index contributed by atoms with van der Waals surface area (Å²) >= 11 is 1.69. The molecule has 0 aliphatic carbocycles. The van der Waals surface area contributed by atoms with E-state index >= 15 is 0 Å². The van der Waals surface area contributed by atoms with Crippen LogP contribution in [0.25, 0.3) is 0 Å². The summed E-state index contributed by atoms with van der Waals surface area (Å²) < 4.78 is 0. The van der Waals surface area contributed by atoms with Gasteiger partial charge in [0.25, 0.3) is 11.4 Å². The lowest BCUT2D eigenvalue weighted by Crippen LogP contribution is -2.06. The molecule has 0 fully saturated rings. The maximum Gasteiger partial charge on any atom is 0.299 e. The van der Waals surface area contributed by atoms with Gasteiger partial charge in [0.15, 0.2) is 0 Å². The summed E-state index contributed by atoms with van der Waals surface area (Å²) in [4.78, 5) is 20.4. The lowest BCUT2D eigenvalue weighted by Gasteiger charge is -2.12. The Morgan fingerprint density at radius 3 is 2.55 bits per heavy atom. The summed E-state index contributed by atoms with van der Waals surface area (Å²) in [7, 11) is 0. The van der Waals surface area contributed by atoms with Crippen molar-refractivity contribution in [2.24, 2.45) is 0 Å². The fourth-order valence-corrected chi connectivity index (χ4v) is 2.82. The van der Waals surface area contributed by atoms with E-state index in [2.05, 4.69) is 19.2 Å². The third-order valence-electron chi connectivity index (χ3n) is 3.23. The predicted molar refractivity (Wildman–Crippen MR) is 89.4 cm³/mol. The van der Waals surface area contributed by atoms with Crippen molar-refractivity contribution >= 4 is 28.8 Å². The number of unbranched alkanes of at least 4 members (excludes halogenated alkanes) is 2. The van der Waals surface area contributed by atoms with E-state index in [0.717, 1.165) is 12.5 Å². The topological polar surface area (TPSA) is 98.3 Å². The normalized spacial score (nSPS) is 11.9. The Balaban J connectivity index is 2.58. The van der Waals surface area contributed by atoms with Gasteiger partial charge in [-0.3, -0.25) is 20.2 Å². The molecule has 0 radical (unpaired) electrons. The molecule has 0 saturated carbocycles. The van der Waals surface area contributed by atoms with Crippen LogP contribution in [0.4, 0.5) is 17.1 Å². The van der Waals surface area contributed by atoms with Gasteiger partial charge in [-0.15, -0.1) is 11.8 Å². The van der Waals surface area contributed by atoms with Crippen LogP contribution in [0.3, 0.4) is 0 Å². The van der Waals surface area contributed by atoms with Crippen LogP contribution < -0.4 is 5.32 Å². The molecule has 0 aromatic heterocycles. The van der Waals surface area contributed by atoms with E-state index in [1.807, 2.05) is 0 Å². The second-order valence-electron chi connectivity index (χ2n) is 5.01. The van der Waals surface area contributed by atoms with Gasteiger partial charge in [0.2, 0.25) is 0 Å². The van der Waals surface area contributed by atoms with Gasteiger partial charge in [0.05, 0.1) is 21.8 Å². The van der Waals surface area contributed by atoms with Crippen molar-refractivity contribution in [1.82, 2.24) is 0 Å². The van der Waals surface area contributed by atoms with E-state index in [1.165, 1.54) is 31.4 Å². The van der Waals surface area contributed by atoms with Crippen molar-refractivity contribution in [3.05, 3.63) is 38.4 Å². The number of nitro benzene ring substituents is 2. The third kappa shape index (κ3) is 5.88. The van der Waals surface area contributed by atoms with Crippen molar-refractivity contribution < 1.29 is 9.85 Å². The molecule has 1 rings (SSSR count). The van der Waals surface area contributed by atoms with Crippen LogP contribution in [0.15, 0.2) is 18.2 Å². The molecule has 1 atom stereocenters. The van der Waals surface area contributed by atoms with Gasteiger partial charge in [-0.2, -0.15) is 0 Å². The minimum atomic E-state index is -0.638. The van der Waals surface area contributed by atoms with Crippen LogP contribution in [-0.2, 0) is 0 Å². The molecule has 0 aliphatic heterocycles. The van der Waals surface area contributed by atoms with E-state index in [9.17, 15) is 20.2 Å². The number of nitrogens with one attached hydrogen (secondary N) is 1. The molecule has 8 heteroatoms. The van der Waals surface area contributed by atoms with E-state index < -0.39 is 9.85 Å². The first-order valence-corrected chi connectivity index (χ1v) is 8.28. The SMILES string of the molecule is CCCCC[C@H](C)SCNc1ccc([N+](=O)[O-])cc1[N+](=O)[O-]. The van der Waals surface area contributed by atoms with Gasteiger partial charge in [-0.1, -0.05) is 33.1 Å². The number of thioether (sulfide) groups is 1. The summed E-state index contributed by atoms with van der Waals surface area (Å²) in [5.41, 5.74) is -0.241. The van der Waals surface area contributed by atoms with E-state index in [4.69, 9.17) is 0 Å². The van der Waals surface area contributed by atoms with Gasteiger partial charge >= 0.3 is 0 Å². The van der Waals surface area contributed by atoms with Crippen molar-refractivity contribution in [2.75, 3.05) is 11.2 Å². The van der Waals surface area contributed by atoms with Crippen LogP contribution >= 0.6 is 11.8 Å². The van der Waals surface area contributed by atoms with Gasteiger partial charge in [-0.05, 0) is 12.5 Å². The molecule has 0 saturated heterocycles. The van der Waals surface area contributed by atoms with E-state index in [-0.39, 0.29) is 11.4 Å². The monoisotopic (exact) mass is 327 g/mol. The number of nitro groups is 2. The predicted octanol–water partition coefficient (Wildman–Crippen LogP) is 4.57. The Bertz CT molecular complexity index is 525. The number of hydrogen-bond donors (Lipinski definition) is 1. The molecule has 0 unspecified atom stereocenters. The Morgan fingerprint density at radius 2 is 1.95 bits per heavy atom. The van der Waals surface area contributed by atoms with Gasteiger partial charge in [0.1, 0.15) is 5.69 Å². The molecular formula is C14H21N3O4S. The number of benzene rings is 1. The molecule has 22 heavy (non-hydrogen) atoms. The maximum atomic E-state index is 11.0. The van der Waals surface area contributed by atoms with Crippen molar-refractivity contribution in [3.8, 4) is 0 Å². The van der Waals surface area contributed by atoms with Crippen molar-refractivity contribution in [3.63, 3.8) is 0 Å². The Kier molecular flexibility index (Phi) is 7.65. The van der Waals surface area contributed by atoms with Crippen LogP contribution in [0.1, 0.15) is 39.5 Å². The summed E-state index contributed by atoms with van der Waals surface area (Å²) in [6.45, 7) is 4.29. The zero-order chi connectivity index (χ0) is 16.5. The summed E-state index contributed by atoms with van der Waals surface area (Å²) in [6.07, 6.45) is 4.70. The smallest absolute Gasteiger partial charge is 0.299 e. The van der Waals surface area contributed by atoms with Gasteiger partial charge in [0, 0.05) is 11.3 Å². The minimum absolute atomic E-state index is 0.270. The molecule has 1 aromatic carbocycles. The molecule has 0 bridgehead atoms. The fraction of sp³-hybridized carbons (Fsp3) is 0.571. The lowest BCUT2D eigenvalue weighted by molar-refractivity contribution is -0.393. The highest BCUT2D eigenvalue weighted by Crippen LogP contribution is 2.29. The lowest BCUT2D eigenvalue weighted by atomic mass is 10.2. The minimum Gasteiger partial charge on any atom is -0.370 e. The van der Waals surface area contributed by atoms with Gasteiger partial charge < -0.3 is 5.32 Å². The molecule has 0 aliphatic rings. The summed E-state index contributed by atoms with van der Waals surface area (Å²) in [6, 6.07) is 3.64. The first-order valence-electron chi connectivity index (χ1n) is 7.24. The number of nitrogens with zero attached hydrogens (tertiary/aromatic N) is 2. The van der Waals surface area contributed by atoms with Gasteiger partial charge in [-0.25, -0.2) is 0 Å². The second kappa shape index (κ2) is 9.24.